The van der Waals surface area contributed by atoms with Crippen molar-refractivity contribution in [1.29, 1.82) is 0 Å². The van der Waals surface area contributed by atoms with Crippen LogP contribution >= 0.6 is 0 Å². The maximum absolute atomic E-state index is 12.0. The Balaban J connectivity index is 1.75. The smallest absolute Gasteiger partial charge is 0.349 e. The number of benzene rings is 2. The lowest BCUT2D eigenvalue weighted by Crippen LogP contribution is -2.18. The number of nitro benzene ring substituents is 1. The van der Waals surface area contributed by atoms with E-state index in [-0.39, 0.29) is 23.1 Å². The number of ether oxygens (including phenoxy) is 2. The number of hydrogen-bond acceptors (Lipinski definition) is 7. The Kier molecular flexibility index (Phi) is 5.39. The van der Waals surface area contributed by atoms with Crippen LogP contribution in [0.15, 0.2) is 57.7 Å². The van der Waals surface area contributed by atoms with Crippen LogP contribution in [-0.2, 0) is 4.79 Å². The topological polar surface area (TPSA) is 109 Å². The number of rotatable bonds is 6. The average molecular weight is 383 g/mol. The van der Waals surface area contributed by atoms with E-state index in [0.717, 1.165) is 10.9 Å². The summed E-state index contributed by atoms with van der Waals surface area (Å²) in [5, 5.41) is 11.7. The van der Waals surface area contributed by atoms with E-state index in [1.807, 2.05) is 13.8 Å². The first-order valence-electron chi connectivity index (χ1n) is 8.50. The first kappa shape index (κ1) is 19.1. The van der Waals surface area contributed by atoms with Gasteiger partial charge in [0.2, 0.25) is 0 Å². The minimum atomic E-state index is -0.750. The highest BCUT2D eigenvalue weighted by Gasteiger charge is 2.16. The molecule has 0 saturated heterocycles. The molecular formula is C20H17NO7. The van der Waals surface area contributed by atoms with Gasteiger partial charge in [0.05, 0.1) is 4.92 Å². The van der Waals surface area contributed by atoms with Crippen LogP contribution in [0.1, 0.15) is 25.3 Å². The second-order valence-corrected chi connectivity index (χ2v) is 6.32. The second-order valence-electron chi connectivity index (χ2n) is 6.32. The molecule has 0 fully saturated rings. The Labute approximate surface area is 159 Å². The van der Waals surface area contributed by atoms with Crippen LogP contribution in [0.3, 0.4) is 0 Å². The van der Waals surface area contributed by atoms with Crippen molar-refractivity contribution < 1.29 is 23.6 Å². The zero-order chi connectivity index (χ0) is 20.3. The van der Waals surface area contributed by atoms with Gasteiger partial charge >= 0.3 is 17.3 Å². The van der Waals surface area contributed by atoms with Crippen LogP contribution in [0.4, 0.5) is 5.69 Å². The number of carbonyl (C=O) groups excluding carboxylic acids is 1. The molecule has 0 spiro atoms. The fourth-order valence-electron chi connectivity index (χ4n) is 2.74. The van der Waals surface area contributed by atoms with E-state index < -0.39 is 23.1 Å². The lowest BCUT2D eigenvalue weighted by atomic mass is 10.00. The Morgan fingerprint density at radius 3 is 2.64 bits per heavy atom. The van der Waals surface area contributed by atoms with Gasteiger partial charge in [0, 0.05) is 23.6 Å². The van der Waals surface area contributed by atoms with Crippen molar-refractivity contribution in [1.82, 2.24) is 0 Å². The molecule has 0 amide bonds. The maximum atomic E-state index is 12.0. The van der Waals surface area contributed by atoms with E-state index in [9.17, 15) is 19.7 Å². The third-order valence-electron chi connectivity index (χ3n) is 4.01. The molecule has 0 aliphatic carbocycles. The number of hydrogen-bond donors (Lipinski definition) is 0. The zero-order valence-electron chi connectivity index (χ0n) is 15.2. The average Bonchev–Trinajstić information content (AvgIpc) is 2.65. The van der Waals surface area contributed by atoms with E-state index in [1.54, 1.807) is 18.2 Å². The summed E-state index contributed by atoms with van der Waals surface area (Å²) >= 11 is 0. The molecule has 0 radical (unpaired) electrons. The van der Waals surface area contributed by atoms with Gasteiger partial charge in [-0.1, -0.05) is 26.0 Å². The highest BCUT2D eigenvalue weighted by atomic mass is 16.6. The van der Waals surface area contributed by atoms with Crippen LogP contribution in [0.25, 0.3) is 11.0 Å². The van der Waals surface area contributed by atoms with E-state index in [0.29, 0.717) is 5.58 Å². The third-order valence-corrected chi connectivity index (χ3v) is 4.01. The van der Waals surface area contributed by atoms with Crippen LogP contribution in [0.5, 0.6) is 11.5 Å². The molecule has 3 aromatic rings. The van der Waals surface area contributed by atoms with Gasteiger partial charge in [0.1, 0.15) is 11.3 Å². The first-order chi connectivity index (χ1) is 13.3. The zero-order valence-corrected chi connectivity index (χ0v) is 15.2. The molecule has 3 rings (SSSR count). The molecular weight excluding hydrogens is 366 g/mol. The van der Waals surface area contributed by atoms with Crippen molar-refractivity contribution in [3.8, 4) is 11.5 Å². The predicted octanol–water partition coefficient (Wildman–Crippen LogP) is 3.81. The van der Waals surface area contributed by atoms with Gasteiger partial charge in [-0.2, -0.15) is 0 Å². The summed E-state index contributed by atoms with van der Waals surface area (Å²) in [7, 11) is 0. The molecule has 0 unspecified atom stereocenters. The molecule has 0 aliphatic rings. The highest BCUT2D eigenvalue weighted by molar-refractivity contribution is 5.83. The van der Waals surface area contributed by atoms with Gasteiger partial charge in [0.25, 0.3) is 0 Å². The molecule has 0 saturated carbocycles. The molecule has 1 heterocycles. The van der Waals surface area contributed by atoms with E-state index >= 15 is 0 Å². The van der Waals surface area contributed by atoms with Gasteiger partial charge in [-0.25, -0.2) is 9.59 Å². The summed E-state index contributed by atoms with van der Waals surface area (Å²) in [5.41, 5.74) is 0.411. The molecule has 0 N–H and O–H groups in total. The first-order valence-corrected chi connectivity index (χ1v) is 8.50. The monoisotopic (exact) mass is 383 g/mol. The number of nitro groups is 1. The number of esters is 1. The van der Waals surface area contributed by atoms with Crippen LogP contribution in [0, 0.1) is 10.1 Å². The second kappa shape index (κ2) is 7.91. The molecule has 1 aromatic heterocycles. The normalized spacial score (nSPS) is 10.8. The Bertz CT molecular complexity index is 1100. The molecule has 8 heteroatoms. The minimum absolute atomic E-state index is 0.0319. The van der Waals surface area contributed by atoms with Crippen molar-refractivity contribution >= 4 is 22.6 Å². The Morgan fingerprint density at radius 1 is 1.18 bits per heavy atom. The fraction of sp³-hybridized carbons (Fsp3) is 0.200. The van der Waals surface area contributed by atoms with E-state index in [4.69, 9.17) is 13.9 Å². The molecule has 144 valence electrons. The fourth-order valence-corrected chi connectivity index (χ4v) is 2.74. The van der Waals surface area contributed by atoms with E-state index in [2.05, 4.69) is 0 Å². The van der Waals surface area contributed by atoms with Crippen LogP contribution < -0.4 is 15.1 Å². The quantitative estimate of drug-likeness (QED) is 0.209. The van der Waals surface area contributed by atoms with Crippen LogP contribution in [-0.4, -0.2) is 17.5 Å². The van der Waals surface area contributed by atoms with E-state index in [1.165, 1.54) is 30.3 Å². The van der Waals surface area contributed by atoms with Gasteiger partial charge in [-0.3, -0.25) is 10.1 Å². The van der Waals surface area contributed by atoms with Gasteiger partial charge in [0.15, 0.2) is 12.4 Å². The number of nitrogens with zero attached hydrogens (tertiary/aromatic N) is 1. The summed E-state index contributed by atoms with van der Waals surface area (Å²) in [6, 6.07) is 11.9. The highest BCUT2D eigenvalue weighted by Crippen LogP contribution is 2.28. The summed E-state index contributed by atoms with van der Waals surface area (Å²) in [6.07, 6.45) is 0. The van der Waals surface area contributed by atoms with Crippen molar-refractivity contribution in [2.24, 2.45) is 0 Å². The number of fused-ring (bicyclic) bond motifs is 1. The maximum Gasteiger partial charge on any atom is 0.349 e. The molecule has 8 nitrogen and oxygen atoms in total. The van der Waals surface area contributed by atoms with Crippen molar-refractivity contribution in [2.45, 2.75) is 19.8 Å². The number of carbonyl (C=O) groups is 1. The summed E-state index contributed by atoms with van der Waals surface area (Å²) in [6.45, 7) is 3.41. The van der Waals surface area contributed by atoms with Crippen molar-refractivity contribution in [3.63, 3.8) is 0 Å². The molecule has 0 bridgehead atoms. The predicted molar refractivity (Wildman–Crippen MR) is 101 cm³/mol. The van der Waals surface area contributed by atoms with Gasteiger partial charge in [-0.05, 0) is 29.7 Å². The number of para-hydroxylation sites is 2. The molecule has 0 atom stereocenters. The molecule has 0 aliphatic heterocycles. The molecule has 2 aromatic carbocycles. The Hall–Kier alpha value is -3.68. The lowest BCUT2D eigenvalue weighted by Gasteiger charge is -2.10. The van der Waals surface area contributed by atoms with Crippen molar-refractivity contribution in [3.05, 3.63) is 74.6 Å². The summed E-state index contributed by atoms with van der Waals surface area (Å²) in [4.78, 5) is 34.1. The minimum Gasteiger partial charge on any atom is -0.475 e. The molecule has 28 heavy (non-hydrogen) atoms. The van der Waals surface area contributed by atoms with Gasteiger partial charge < -0.3 is 13.9 Å². The van der Waals surface area contributed by atoms with Gasteiger partial charge in [-0.15, -0.1) is 0 Å². The summed E-state index contributed by atoms with van der Waals surface area (Å²) < 4.78 is 15.6. The Morgan fingerprint density at radius 2 is 1.93 bits per heavy atom. The largest absolute Gasteiger partial charge is 0.475 e. The van der Waals surface area contributed by atoms with Crippen molar-refractivity contribution in [2.75, 3.05) is 6.61 Å². The SMILES string of the molecule is CC(C)c1cc(=O)oc2cc(OC(=O)COc3ccccc3[N+](=O)[O-])ccc12. The standard InChI is InChI=1S/C20H17NO7/c1-12(2)15-10-19(22)28-18-9-13(7-8-14(15)18)27-20(23)11-26-17-6-4-3-5-16(17)21(24)25/h3-10,12H,11H2,1-2H3. The third kappa shape index (κ3) is 4.17. The van der Waals surface area contributed by atoms with Crippen LogP contribution in [0.2, 0.25) is 0 Å². The summed E-state index contributed by atoms with van der Waals surface area (Å²) in [5.74, 6) is -0.488. The lowest BCUT2D eigenvalue weighted by molar-refractivity contribution is -0.385.